The molecule has 6 nitrogen and oxygen atoms in total. The van der Waals surface area contributed by atoms with E-state index in [1.807, 2.05) is 18.2 Å². The maximum absolute atomic E-state index is 5.55. The van der Waals surface area contributed by atoms with Crippen LogP contribution in [-0.4, -0.2) is 26.7 Å². The van der Waals surface area contributed by atoms with Gasteiger partial charge >= 0.3 is 0 Å². The fourth-order valence-corrected chi connectivity index (χ4v) is 3.33. The Morgan fingerprint density at radius 2 is 2.00 bits per heavy atom. The van der Waals surface area contributed by atoms with Crippen molar-refractivity contribution in [3.63, 3.8) is 0 Å². The number of likely N-dealkylation sites (tertiary alicyclic amines) is 1. The van der Waals surface area contributed by atoms with Gasteiger partial charge in [0, 0.05) is 36.0 Å². The minimum absolute atomic E-state index is 0.283. The van der Waals surface area contributed by atoms with Crippen LogP contribution >= 0.6 is 0 Å². The fraction of sp³-hybridized carbons (Fsp3) is 0.421. The molecule has 0 amide bonds. The first-order valence-corrected chi connectivity index (χ1v) is 8.77. The van der Waals surface area contributed by atoms with Crippen molar-refractivity contribution in [2.24, 2.45) is 0 Å². The second kappa shape index (κ2) is 6.80. The molecule has 0 bridgehead atoms. The zero-order chi connectivity index (χ0) is 17.2. The van der Waals surface area contributed by atoms with Crippen molar-refractivity contribution in [1.82, 2.24) is 20.2 Å². The maximum Gasteiger partial charge on any atom is 0.151 e. The van der Waals surface area contributed by atoms with Crippen LogP contribution < -0.4 is 0 Å². The SMILES string of the molecule is CC(C)c1cc(C2CCCN2Cc2cc(-c3ccncc3)no2)no1. The van der Waals surface area contributed by atoms with Crippen LogP contribution in [0, 0.1) is 0 Å². The molecule has 0 saturated carbocycles. The predicted molar refractivity (Wildman–Crippen MR) is 92.7 cm³/mol. The number of aromatic nitrogens is 3. The number of hydrogen-bond donors (Lipinski definition) is 0. The standard InChI is InChI=1S/C19H22N4O2/c1-13(2)19-11-17(22-25-19)18-4-3-9-23(18)12-15-10-16(21-24-15)14-5-7-20-8-6-14/h5-8,10-11,13,18H,3-4,9,12H2,1-2H3. The van der Waals surface area contributed by atoms with Crippen molar-refractivity contribution in [2.75, 3.05) is 6.54 Å². The molecule has 1 unspecified atom stereocenters. The van der Waals surface area contributed by atoms with E-state index in [0.717, 1.165) is 54.4 Å². The highest BCUT2D eigenvalue weighted by atomic mass is 16.5. The van der Waals surface area contributed by atoms with E-state index >= 15 is 0 Å². The lowest BCUT2D eigenvalue weighted by atomic mass is 10.1. The molecule has 130 valence electrons. The van der Waals surface area contributed by atoms with E-state index in [9.17, 15) is 0 Å². The topological polar surface area (TPSA) is 68.2 Å². The highest BCUT2D eigenvalue weighted by molar-refractivity contribution is 5.57. The van der Waals surface area contributed by atoms with Gasteiger partial charge < -0.3 is 9.05 Å². The van der Waals surface area contributed by atoms with Crippen LogP contribution in [0.25, 0.3) is 11.3 Å². The molecule has 0 aliphatic carbocycles. The van der Waals surface area contributed by atoms with Gasteiger partial charge in [-0.2, -0.15) is 0 Å². The molecule has 1 saturated heterocycles. The third-order valence-electron chi connectivity index (χ3n) is 4.71. The van der Waals surface area contributed by atoms with Gasteiger partial charge in [-0.3, -0.25) is 9.88 Å². The highest BCUT2D eigenvalue weighted by Gasteiger charge is 2.30. The third kappa shape index (κ3) is 3.35. The first-order chi connectivity index (χ1) is 12.2. The lowest BCUT2D eigenvalue weighted by Crippen LogP contribution is -2.22. The smallest absolute Gasteiger partial charge is 0.151 e. The van der Waals surface area contributed by atoms with Crippen molar-refractivity contribution in [2.45, 2.75) is 45.2 Å². The van der Waals surface area contributed by atoms with Crippen molar-refractivity contribution >= 4 is 0 Å². The summed E-state index contributed by atoms with van der Waals surface area (Å²) in [6, 6.07) is 8.25. The predicted octanol–water partition coefficient (Wildman–Crippen LogP) is 4.19. The van der Waals surface area contributed by atoms with Gasteiger partial charge in [0.05, 0.1) is 12.6 Å². The van der Waals surface area contributed by atoms with Gasteiger partial charge in [-0.25, -0.2) is 0 Å². The van der Waals surface area contributed by atoms with Gasteiger partial charge in [-0.1, -0.05) is 24.2 Å². The van der Waals surface area contributed by atoms with Gasteiger partial charge in [-0.15, -0.1) is 0 Å². The molecule has 25 heavy (non-hydrogen) atoms. The fourth-order valence-electron chi connectivity index (χ4n) is 3.33. The zero-order valence-corrected chi connectivity index (χ0v) is 14.6. The van der Waals surface area contributed by atoms with E-state index in [1.165, 1.54) is 0 Å². The molecular formula is C19H22N4O2. The number of rotatable bonds is 5. The summed E-state index contributed by atoms with van der Waals surface area (Å²) < 4.78 is 11.0. The largest absolute Gasteiger partial charge is 0.361 e. The molecule has 4 heterocycles. The molecule has 1 fully saturated rings. The lowest BCUT2D eigenvalue weighted by Gasteiger charge is -2.20. The van der Waals surface area contributed by atoms with Gasteiger partial charge in [0.25, 0.3) is 0 Å². The minimum atomic E-state index is 0.283. The van der Waals surface area contributed by atoms with Crippen LogP contribution in [0.5, 0.6) is 0 Å². The van der Waals surface area contributed by atoms with Crippen molar-refractivity contribution in [3.8, 4) is 11.3 Å². The molecule has 6 heteroatoms. The number of hydrogen-bond acceptors (Lipinski definition) is 6. The van der Waals surface area contributed by atoms with E-state index in [4.69, 9.17) is 9.05 Å². The van der Waals surface area contributed by atoms with Crippen LogP contribution in [0.4, 0.5) is 0 Å². The van der Waals surface area contributed by atoms with E-state index in [-0.39, 0.29) is 6.04 Å². The lowest BCUT2D eigenvalue weighted by molar-refractivity contribution is 0.209. The Hall–Kier alpha value is -2.47. The Kier molecular flexibility index (Phi) is 4.36. The summed E-state index contributed by atoms with van der Waals surface area (Å²) in [5.41, 5.74) is 2.88. The normalized spacial score (nSPS) is 18.3. The highest BCUT2D eigenvalue weighted by Crippen LogP contribution is 2.34. The van der Waals surface area contributed by atoms with Gasteiger partial charge in [0.1, 0.15) is 17.1 Å². The molecule has 0 N–H and O–H groups in total. The monoisotopic (exact) mass is 338 g/mol. The molecule has 0 aromatic carbocycles. The van der Waals surface area contributed by atoms with E-state index in [1.54, 1.807) is 12.4 Å². The summed E-state index contributed by atoms with van der Waals surface area (Å²) in [5, 5.41) is 8.48. The Bertz CT molecular complexity index is 825. The Balaban J connectivity index is 1.49. The van der Waals surface area contributed by atoms with Crippen molar-refractivity contribution < 1.29 is 9.05 Å². The summed E-state index contributed by atoms with van der Waals surface area (Å²) in [5.74, 6) is 2.17. The van der Waals surface area contributed by atoms with Crippen LogP contribution in [-0.2, 0) is 6.54 Å². The molecule has 1 aliphatic rings. The van der Waals surface area contributed by atoms with E-state index in [0.29, 0.717) is 5.92 Å². The molecular weight excluding hydrogens is 316 g/mol. The summed E-state index contributed by atoms with van der Waals surface area (Å²) in [4.78, 5) is 6.42. The Labute approximate surface area is 146 Å². The molecule has 1 atom stereocenters. The van der Waals surface area contributed by atoms with E-state index < -0.39 is 0 Å². The maximum atomic E-state index is 5.55. The average molecular weight is 338 g/mol. The second-order valence-electron chi connectivity index (χ2n) is 6.85. The average Bonchev–Trinajstić information content (AvgIpc) is 3.36. The first kappa shape index (κ1) is 16.0. The summed E-state index contributed by atoms with van der Waals surface area (Å²) in [6.07, 6.45) is 5.77. The number of pyridine rings is 1. The summed E-state index contributed by atoms with van der Waals surface area (Å²) >= 11 is 0. The molecule has 1 aliphatic heterocycles. The van der Waals surface area contributed by atoms with Crippen LogP contribution in [0.15, 0.2) is 45.7 Å². The van der Waals surface area contributed by atoms with Crippen molar-refractivity contribution in [3.05, 3.63) is 53.9 Å². The third-order valence-corrected chi connectivity index (χ3v) is 4.71. The zero-order valence-electron chi connectivity index (χ0n) is 14.6. The molecule has 4 rings (SSSR count). The van der Waals surface area contributed by atoms with Gasteiger partial charge in [0.2, 0.25) is 0 Å². The van der Waals surface area contributed by atoms with Crippen LogP contribution in [0.2, 0.25) is 0 Å². The summed E-state index contributed by atoms with van der Waals surface area (Å²) in [6.45, 7) is 5.99. The number of nitrogens with zero attached hydrogens (tertiary/aromatic N) is 4. The first-order valence-electron chi connectivity index (χ1n) is 8.77. The van der Waals surface area contributed by atoms with Crippen LogP contribution in [0.1, 0.15) is 55.9 Å². The summed E-state index contributed by atoms with van der Waals surface area (Å²) in [7, 11) is 0. The van der Waals surface area contributed by atoms with Crippen molar-refractivity contribution in [1.29, 1.82) is 0 Å². The molecule has 0 spiro atoms. The Morgan fingerprint density at radius 1 is 1.16 bits per heavy atom. The Morgan fingerprint density at radius 3 is 2.76 bits per heavy atom. The molecule has 0 radical (unpaired) electrons. The van der Waals surface area contributed by atoms with Gasteiger partial charge in [-0.05, 0) is 31.5 Å². The minimum Gasteiger partial charge on any atom is -0.361 e. The van der Waals surface area contributed by atoms with E-state index in [2.05, 4.69) is 40.1 Å². The quantitative estimate of drug-likeness (QED) is 0.695. The van der Waals surface area contributed by atoms with Crippen LogP contribution in [0.3, 0.4) is 0 Å². The second-order valence-corrected chi connectivity index (χ2v) is 6.85. The molecule has 3 aromatic rings. The van der Waals surface area contributed by atoms with Gasteiger partial charge in [0.15, 0.2) is 5.76 Å². The molecule has 3 aromatic heterocycles.